The molecule has 0 amide bonds. The Kier molecular flexibility index (Phi) is 4.92. The van der Waals surface area contributed by atoms with Gasteiger partial charge < -0.3 is 14.6 Å². The van der Waals surface area contributed by atoms with Crippen molar-refractivity contribution in [3.63, 3.8) is 0 Å². The highest BCUT2D eigenvalue weighted by atomic mass is 35.5. The van der Waals surface area contributed by atoms with E-state index in [0.29, 0.717) is 33.2 Å². The molecule has 0 radical (unpaired) electrons. The first-order chi connectivity index (χ1) is 10.6. The molecule has 0 fully saturated rings. The van der Waals surface area contributed by atoms with E-state index in [-0.39, 0.29) is 5.75 Å². The molecule has 0 aromatic heterocycles. The average Bonchev–Trinajstić information content (AvgIpc) is 2.55. The Hall–Kier alpha value is -2.64. The van der Waals surface area contributed by atoms with Crippen LogP contribution in [0.4, 0.5) is 0 Å². The van der Waals surface area contributed by atoms with Crippen molar-refractivity contribution in [2.45, 2.75) is 0 Å². The zero-order chi connectivity index (χ0) is 16.1. The number of halogens is 1. The fourth-order valence-corrected chi connectivity index (χ4v) is 2.16. The monoisotopic (exact) mass is 315 g/mol. The molecule has 0 atom stereocenters. The van der Waals surface area contributed by atoms with Gasteiger partial charge in [0.2, 0.25) is 0 Å². The predicted octanol–water partition coefficient (Wildman–Crippen LogP) is 4.13. The van der Waals surface area contributed by atoms with Crippen molar-refractivity contribution in [1.82, 2.24) is 0 Å². The summed E-state index contributed by atoms with van der Waals surface area (Å²) in [6, 6.07) is 11.9. The number of hydrogen-bond donors (Lipinski definition) is 1. The van der Waals surface area contributed by atoms with Crippen molar-refractivity contribution in [3.8, 4) is 23.3 Å². The smallest absolute Gasteiger partial charge is 0.161 e. The highest BCUT2D eigenvalue weighted by Crippen LogP contribution is 2.32. The molecule has 22 heavy (non-hydrogen) atoms. The van der Waals surface area contributed by atoms with E-state index in [4.69, 9.17) is 21.1 Å². The maximum Gasteiger partial charge on any atom is 0.161 e. The van der Waals surface area contributed by atoms with Gasteiger partial charge in [-0.05, 0) is 48.0 Å². The number of ether oxygens (including phenoxy) is 2. The lowest BCUT2D eigenvalue weighted by molar-refractivity contribution is 0.355. The van der Waals surface area contributed by atoms with Crippen molar-refractivity contribution in [2.24, 2.45) is 0 Å². The summed E-state index contributed by atoms with van der Waals surface area (Å²) < 4.78 is 10.4. The second kappa shape index (κ2) is 6.88. The number of nitriles is 1. The van der Waals surface area contributed by atoms with Gasteiger partial charge in [-0.25, -0.2) is 0 Å². The standard InChI is InChI=1S/C17H14ClNO3/c1-21-16-6-3-11(9-17(16)22-2)13(10-19)7-12-8-14(18)4-5-15(12)20/h3-9,20H,1-2H3/b13-7+. The van der Waals surface area contributed by atoms with E-state index in [1.54, 1.807) is 43.5 Å². The first-order valence-electron chi connectivity index (χ1n) is 6.41. The van der Waals surface area contributed by atoms with Crippen LogP contribution in [0.2, 0.25) is 5.02 Å². The lowest BCUT2D eigenvalue weighted by Crippen LogP contribution is -1.92. The summed E-state index contributed by atoms with van der Waals surface area (Å²) in [7, 11) is 3.07. The summed E-state index contributed by atoms with van der Waals surface area (Å²) in [5.41, 5.74) is 1.50. The third kappa shape index (κ3) is 3.33. The number of aromatic hydroxyl groups is 1. The molecule has 0 aliphatic carbocycles. The second-order valence-electron chi connectivity index (χ2n) is 4.44. The third-order valence-corrected chi connectivity index (χ3v) is 3.34. The molecule has 4 nitrogen and oxygen atoms in total. The summed E-state index contributed by atoms with van der Waals surface area (Å²) in [4.78, 5) is 0. The Morgan fingerprint density at radius 1 is 1.14 bits per heavy atom. The van der Waals surface area contributed by atoms with Crippen LogP contribution >= 0.6 is 11.6 Å². The summed E-state index contributed by atoms with van der Waals surface area (Å²) in [5, 5.41) is 19.7. The third-order valence-electron chi connectivity index (χ3n) is 3.10. The highest BCUT2D eigenvalue weighted by Gasteiger charge is 2.09. The minimum atomic E-state index is 0.0534. The Bertz CT molecular complexity index is 763. The van der Waals surface area contributed by atoms with Gasteiger partial charge >= 0.3 is 0 Å². The normalized spacial score (nSPS) is 10.9. The Morgan fingerprint density at radius 3 is 2.50 bits per heavy atom. The molecule has 0 saturated carbocycles. The SMILES string of the molecule is COc1ccc(/C(C#N)=C/c2cc(Cl)ccc2O)cc1OC. The van der Waals surface area contributed by atoms with Crippen LogP contribution in [0.3, 0.4) is 0 Å². The van der Waals surface area contributed by atoms with Gasteiger partial charge in [0.05, 0.1) is 25.9 Å². The number of hydrogen-bond acceptors (Lipinski definition) is 4. The number of phenolic OH excluding ortho intramolecular Hbond substituents is 1. The van der Waals surface area contributed by atoms with Crippen LogP contribution < -0.4 is 9.47 Å². The van der Waals surface area contributed by atoms with Gasteiger partial charge in [0.25, 0.3) is 0 Å². The van der Waals surface area contributed by atoms with Gasteiger partial charge in [-0.3, -0.25) is 0 Å². The van der Waals surface area contributed by atoms with E-state index in [0.717, 1.165) is 0 Å². The molecule has 2 aromatic carbocycles. The van der Waals surface area contributed by atoms with Crippen LogP contribution in [0.1, 0.15) is 11.1 Å². The lowest BCUT2D eigenvalue weighted by atomic mass is 10.0. The van der Waals surface area contributed by atoms with Crippen LogP contribution in [0.15, 0.2) is 36.4 Å². The number of phenols is 1. The van der Waals surface area contributed by atoms with Gasteiger partial charge in [0.15, 0.2) is 11.5 Å². The molecule has 0 heterocycles. The maximum absolute atomic E-state index is 9.85. The molecule has 0 bridgehead atoms. The van der Waals surface area contributed by atoms with Crippen molar-refractivity contribution in [2.75, 3.05) is 14.2 Å². The molecule has 2 aromatic rings. The zero-order valence-corrected chi connectivity index (χ0v) is 12.9. The summed E-state index contributed by atoms with van der Waals surface area (Å²) >= 11 is 5.92. The van der Waals surface area contributed by atoms with Gasteiger partial charge in [-0.1, -0.05) is 11.6 Å². The molecule has 0 aliphatic rings. The van der Waals surface area contributed by atoms with Crippen LogP contribution in [-0.4, -0.2) is 19.3 Å². The Labute approximate surface area is 133 Å². The molecule has 0 spiro atoms. The van der Waals surface area contributed by atoms with Gasteiger partial charge in [-0.2, -0.15) is 5.26 Å². The van der Waals surface area contributed by atoms with Crippen molar-refractivity contribution in [1.29, 1.82) is 5.26 Å². The van der Waals surface area contributed by atoms with E-state index in [9.17, 15) is 10.4 Å². The van der Waals surface area contributed by atoms with E-state index < -0.39 is 0 Å². The zero-order valence-electron chi connectivity index (χ0n) is 12.1. The summed E-state index contributed by atoms with van der Waals surface area (Å²) in [5.74, 6) is 1.16. The molecule has 2 rings (SSSR count). The van der Waals surface area contributed by atoms with E-state index >= 15 is 0 Å². The number of rotatable bonds is 4. The topological polar surface area (TPSA) is 62.5 Å². The van der Waals surface area contributed by atoms with Gasteiger partial charge in [0, 0.05) is 10.6 Å². The largest absolute Gasteiger partial charge is 0.507 e. The molecular weight excluding hydrogens is 302 g/mol. The maximum atomic E-state index is 9.85. The summed E-state index contributed by atoms with van der Waals surface area (Å²) in [6.45, 7) is 0. The average molecular weight is 316 g/mol. The fraction of sp³-hybridized carbons (Fsp3) is 0.118. The van der Waals surface area contributed by atoms with Crippen LogP contribution in [0.25, 0.3) is 11.6 Å². The van der Waals surface area contributed by atoms with E-state index in [1.165, 1.54) is 13.2 Å². The van der Waals surface area contributed by atoms with Crippen LogP contribution in [-0.2, 0) is 0 Å². The van der Waals surface area contributed by atoms with Gasteiger partial charge in [-0.15, -0.1) is 0 Å². The van der Waals surface area contributed by atoms with Crippen molar-refractivity contribution >= 4 is 23.3 Å². The quantitative estimate of drug-likeness (QED) is 0.680. The minimum absolute atomic E-state index is 0.0534. The second-order valence-corrected chi connectivity index (χ2v) is 4.88. The lowest BCUT2D eigenvalue weighted by Gasteiger charge is -2.09. The highest BCUT2D eigenvalue weighted by molar-refractivity contribution is 6.30. The predicted molar refractivity (Wildman–Crippen MR) is 86.1 cm³/mol. The molecule has 1 N–H and O–H groups in total. The molecule has 112 valence electrons. The first-order valence-corrected chi connectivity index (χ1v) is 6.79. The van der Waals surface area contributed by atoms with E-state index in [2.05, 4.69) is 6.07 Å². The van der Waals surface area contributed by atoms with Gasteiger partial charge in [0.1, 0.15) is 5.75 Å². The molecule has 0 unspecified atom stereocenters. The van der Waals surface area contributed by atoms with Crippen molar-refractivity contribution in [3.05, 3.63) is 52.5 Å². The van der Waals surface area contributed by atoms with Crippen molar-refractivity contribution < 1.29 is 14.6 Å². The fourth-order valence-electron chi connectivity index (χ4n) is 1.98. The minimum Gasteiger partial charge on any atom is -0.507 e. The number of benzene rings is 2. The number of nitrogens with zero attached hydrogens (tertiary/aromatic N) is 1. The van der Waals surface area contributed by atoms with Crippen LogP contribution in [0.5, 0.6) is 17.2 Å². The number of methoxy groups -OCH3 is 2. The number of allylic oxidation sites excluding steroid dienone is 1. The van der Waals surface area contributed by atoms with E-state index in [1.807, 2.05) is 0 Å². The molecule has 0 saturated heterocycles. The molecule has 5 heteroatoms. The molecule has 0 aliphatic heterocycles. The first kappa shape index (κ1) is 15.7. The van der Waals surface area contributed by atoms with Crippen LogP contribution in [0, 0.1) is 11.3 Å². The summed E-state index contributed by atoms with van der Waals surface area (Å²) in [6.07, 6.45) is 1.57. The Balaban J connectivity index is 2.50. The molecular formula is C17H14ClNO3. The Morgan fingerprint density at radius 2 is 1.86 bits per heavy atom.